The molecule has 58 heavy (non-hydrogen) atoms. The van der Waals surface area contributed by atoms with E-state index in [9.17, 15) is 0 Å². The average Bonchev–Trinajstić information content (AvgIpc) is 3.67. The Morgan fingerprint density at radius 3 is 1.52 bits per heavy atom. The van der Waals surface area contributed by atoms with Gasteiger partial charge in [-0.15, -0.1) is 0 Å². The minimum Gasteiger partial charge on any atom is -0.453 e. The van der Waals surface area contributed by atoms with Gasteiger partial charge < -0.3 is 9.32 Å². The molecule has 1 aromatic heterocycles. The fourth-order valence-corrected chi connectivity index (χ4v) is 9.35. The molecule has 0 unspecified atom stereocenters. The van der Waals surface area contributed by atoms with E-state index in [0.29, 0.717) is 0 Å². The largest absolute Gasteiger partial charge is 0.453 e. The molecule has 2 heteroatoms. The van der Waals surface area contributed by atoms with Crippen molar-refractivity contribution in [3.8, 4) is 22.3 Å². The van der Waals surface area contributed by atoms with Crippen LogP contribution in [0.25, 0.3) is 98.1 Å². The van der Waals surface area contributed by atoms with Crippen LogP contribution in [-0.4, -0.2) is 0 Å². The Bertz CT molecular complexity index is 3560. The molecule has 0 amide bonds. The quantitative estimate of drug-likeness (QED) is 0.164. The number of furan rings is 1. The van der Waals surface area contributed by atoms with Crippen molar-refractivity contribution in [3.05, 3.63) is 212 Å². The van der Waals surface area contributed by atoms with Crippen LogP contribution in [0.4, 0.5) is 17.1 Å². The summed E-state index contributed by atoms with van der Waals surface area (Å²) in [4.78, 5) is 2.40. The number of fused-ring (bicyclic) bond motifs is 10. The minimum atomic E-state index is 0.850. The van der Waals surface area contributed by atoms with Crippen molar-refractivity contribution in [3.63, 3.8) is 0 Å². The minimum absolute atomic E-state index is 0.850. The molecule has 0 saturated carbocycles. The third-order valence-corrected chi connectivity index (χ3v) is 12.0. The summed E-state index contributed by atoms with van der Waals surface area (Å²) in [5.74, 6) is 0. The summed E-state index contributed by atoms with van der Waals surface area (Å²) < 4.78 is 7.41. The average molecular weight is 738 g/mol. The standard InChI is InChI=1S/C56H35NO/c1-2-15-36(16-3-1)37-29-31-41(32-30-37)57(53-35-40-19-5-8-21-43(40)46-24-12-13-26-48(46)53)52-28-14-27-49-51-34-39-18-6-9-22-44(39)54(56(51)58-55(49)52)50-33-38-17-4-7-20-42(38)45-23-10-11-25-47(45)50/h1-35H. The van der Waals surface area contributed by atoms with E-state index in [-0.39, 0.29) is 0 Å². The van der Waals surface area contributed by atoms with Crippen molar-refractivity contribution in [2.75, 3.05) is 4.90 Å². The molecule has 0 aliphatic carbocycles. The molecule has 0 atom stereocenters. The Morgan fingerprint density at radius 2 is 0.810 bits per heavy atom. The number of nitrogens with zero attached hydrogens (tertiary/aromatic N) is 1. The molecule has 0 fully saturated rings. The summed E-state index contributed by atoms with van der Waals surface area (Å²) in [6.45, 7) is 0. The summed E-state index contributed by atoms with van der Waals surface area (Å²) in [5, 5.41) is 14.3. The molecule has 12 aromatic rings. The Labute approximate surface area is 335 Å². The van der Waals surface area contributed by atoms with Crippen LogP contribution in [0.3, 0.4) is 0 Å². The first-order valence-electron chi connectivity index (χ1n) is 19.9. The maximum Gasteiger partial charge on any atom is 0.159 e. The van der Waals surface area contributed by atoms with Crippen LogP contribution in [0, 0.1) is 0 Å². The van der Waals surface area contributed by atoms with Gasteiger partial charge in [-0.25, -0.2) is 0 Å². The van der Waals surface area contributed by atoms with Gasteiger partial charge in [-0.1, -0.05) is 176 Å². The van der Waals surface area contributed by atoms with Gasteiger partial charge >= 0.3 is 0 Å². The van der Waals surface area contributed by atoms with Crippen LogP contribution in [-0.2, 0) is 0 Å². The fraction of sp³-hybridized carbons (Fsp3) is 0. The van der Waals surface area contributed by atoms with Crippen LogP contribution in [0.2, 0.25) is 0 Å². The van der Waals surface area contributed by atoms with E-state index in [1.807, 2.05) is 0 Å². The summed E-state index contributed by atoms with van der Waals surface area (Å²) in [7, 11) is 0. The van der Waals surface area contributed by atoms with Gasteiger partial charge in [0, 0.05) is 27.4 Å². The van der Waals surface area contributed by atoms with E-state index >= 15 is 0 Å². The highest BCUT2D eigenvalue weighted by Gasteiger charge is 2.25. The normalized spacial score (nSPS) is 11.8. The molecular formula is C56H35NO. The Hall–Kier alpha value is -7.68. The molecule has 0 bridgehead atoms. The molecule has 2 nitrogen and oxygen atoms in total. The predicted octanol–water partition coefficient (Wildman–Crippen LogP) is 16.2. The molecule has 0 radical (unpaired) electrons. The predicted molar refractivity (Wildman–Crippen MR) is 247 cm³/mol. The lowest BCUT2D eigenvalue weighted by Gasteiger charge is -2.27. The summed E-state index contributed by atoms with van der Waals surface area (Å²) >= 11 is 0. The van der Waals surface area contributed by atoms with Crippen LogP contribution in [0.5, 0.6) is 0 Å². The highest BCUT2D eigenvalue weighted by molar-refractivity contribution is 6.25. The van der Waals surface area contributed by atoms with Crippen molar-refractivity contribution >= 4 is 92.9 Å². The van der Waals surface area contributed by atoms with Gasteiger partial charge in [-0.05, 0) is 102 Å². The molecule has 11 aromatic carbocycles. The molecule has 12 rings (SSSR count). The van der Waals surface area contributed by atoms with Crippen molar-refractivity contribution < 1.29 is 4.42 Å². The van der Waals surface area contributed by atoms with Crippen molar-refractivity contribution in [1.29, 1.82) is 0 Å². The fourth-order valence-electron chi connectivity index (χ4n) is 9.35. The number of hydrogen-bond acceptors (Lipinski definition) is 2. The van der Waals surface area contributed by atoms with Crippen LogP contribution >= 0.6 is 0 Å². The number of benzene rings is 11. The lowest BCUT2D eigenvalue weighted by molar-refractivity contribution is 0.670. The van der Waals surface area contributed by atoms with Crippen molar-refractivity contribution in [2.24, 2.45) is 0 Å². The van der Waals surface area contributed by atoms with E-state index < -0.39 is 0 Å². The molecule has 270 valence electrons. The molecule has 0 N–H and O–H groups in total. The number of rotatable bonds is 5. The van der Waals surface area contributed by atoms with Crippen LogP contribution in [0.1, 0.15) is 0 Å². The van der Waals surface area contributed by atoms with Gasteiger partial charge in [-0.2, -0.15) is 0 Å². The molecule has 0 aliphatic heterocycles. The SMILES string of the molecule is c1ccc(-c2ccc(N(c3cc4ccccc4c4ccccc34)c3cccc4c3oc3c(-c5cc6ccccc6c6ccccc56)c5ccccc5cc34)cc2)cc1. The number of para-hydroxylation sites is 1. The highest BCUT2D eigenvalue weighted by atomic mass is 16.3. The smallest absolute Gasteiger partial charge is 0.159 e. The van der Waals surface area contributed by atoms with E-state index in [4.69, 9.17) is 4.42 Å². The molecule has 0 spiro atoms. The van der Waals surface area contributed by atoms with E-state index in [2.05, 4.69) is 217 Å². The second-order valence-corrected chi connectivity index (χ2v) is 15.2. The third-order valence-electron chi connectivity index (χ3n) is 12.0. The lowest BCUT2D eigenvalue weighted by Crippen LogP contribution is -2.11. The van der Waals surface area contributed by atoms with Gasteiger partial charge in [0.05, 0.1) is 11.4 Å². The topological polar surface area (TPSA) is 16.4 Å². The number of anilines is 3. The Balaban J connectivity index is 1.18. The molecule has 0 saturated heterocycles. The Morgan fingerprint density at radius 1 is 0.293 bits per heavy atom. The second kappa shape index (κ2) is 12.9. The molecule has 0 aliphatic rings. The summed E-state index contributed by atoms with van der Waals surface area (Å²) in [6, 6.07) is 76.9. The van der Waals surface area contributed by atoms with E-state index in [1.54, 1.807) is 0 Å². The Kier molecular flexibility index (Phi) is 7.26. The summed E-state index contributed by atoms with van der Waals surface area (Å²) in [6.07, 6.45) is 0. The van der Waals surface area contributed by atoms with Gasteiger partial charge in [0.25, 0.3) is 0 Å². The first kappa shape index (κ1) is 32.6. The van der Waals surface area contributed by atoms with Gasteiger partial charge in [-0.3, -0.25) is 0 Å². The summed E-state index contributed by atoms with van der Waals surface area (Å²) in [5.41, 5.74) is 9.54. The van der Waals surface area contributed by atoms with Gasteiger partial charge in [0.2, 0.25) is 0 Å². The van der Waals surface area contributed by atoms with E-state index in [1.165, 1.54) is 70.6 Å². The van der Waals surface area contributed by atoms with Crippen LogP contribution < -0.4 is 4.90 Å². The monoisotopic (exact) mass is 737 g/mol. The second-order valence-electron chi connectivity index (χ2n) is 15.2. The third kappa shape index (κ3) is 4.99. The first-order chi connectivity index (χ1) is 28.8. The van der Waals surface area contributed by atoms with E-state index in [0.717, 1.165) is 44.6 Å². The first-order valence-corrected chi connectivity index (χ1v) is 19.9. The zero-order valence-electron chi connectivity index (χ0n) is 31.6. The van der Waals surface area contributed by atoms with Crippen molar-refractivity contribution in [1.82, 2.24) is 0 Å². The van der Waals surface area contributed by atoms with Gasteiger partial charge in [0.1, 0.15) is 5.58 Å². The maximum absolute atomic E-state index is 7.41. The maximum atomic E-state index is 7.41. The lowest BCUT2D eigenvalue weighted by atomic mass is 9.89. The zero-order valence-corrected chi connectivity index (χ0v) is 31.6. The molecular weight excluding hydrogens is 703 g/mol. The zero-order chi connectivity index (χ0) is 38.2. The highest BCUT2D eigenvalue weighted by Crippen LogP contribution is 2.49. The van der Waals surface area contributed by atoms with Gasteiger partial charge in [0.15, 0.2) is 5.58 Å². The van der Waals surface area contributed by atoms with Crippen molar-refractivity contribution in [2.45, 2.75) is 0 Å². The number of hydrogen-bond donors (Lipinski definition) is 0. The van der Waals surface area contributed by atoms with Crippen LogP contribution in [0.15, 0.2) is 217 Å². The molecule has 1 heterocycles.